The first kappa shape index (κ1) is 16.2. The number of halogens is 2. The van der Waals surface area contributed by atoms with Gasteiger partial charge in [-0.15, -0.1) is 0 Å². The summed E-state index contributed by atoms with van der Waals surface area (Å²) in [5.41, 5.74) is 1.99. The number of anilines is 1. The second kappa shape index (κ2) is 7.27. The molecule has 2 nitrogen and oxygen atoms in total. The Kier molecular flexibility index (Phi) is 4.90. The van der Waals surface area contributed by atoms with Crippen molar-refractivity contribution in [2.75, 3.05) is 18.0 Å². The van der Waals surface area contributed by atoms with Gasteiger partial charge in [0.1, 0.15) is 11.6 Å². The Balaban J connectivity index is 1.89. The molecule has 0 aromatic heterocycles. The van der Waals surface area contributed by atoms with E-state index in [9.17, 15) is 14.0 Å². The van der Waals surface area contributed by atoms with Gasteiger partial charge in [0.05, 0.1) is 17.3 Å². The summed E-state index contributed by atoms with van der Waals surface area (Å²) in [4.78, 5) is 2.06. The minimum absolute atomic E-state index is 0.290. The summed E-state index contributed by atoms with van der Waals surface area (Å²) in [7, 11) is 0. The third-order valence-electron chi connectivity index (χ3n) is 4.24. The van der Waals surface area contributed by atoms with Crippen molar-refractivity contribution in [1.82, 2.24) is 0 Å². The molecule has 1 aliphatic heterocycles. The molecule has 0 spiro atoms. The lowest BCUT2D eigenvalue weighted by molar-refractivity contribution is 0.557. The van der Waals surface area contributed by atoms with Crippen molar-refractivity contribution >= 4 is 17.3 Å². The first-order valence-electron chi connectivity index (χ1n) is 8.09. The van der Waals surface area contributed by atoms with Crippen molar-refractivity contribution in [3.05, 3.63) is 65.2 Å². The highest BCUT2D eigenvalue weighted by Gasteiger charge is 2.15. The fourth-order valence-electron chi connectivity index (χ4n) is 3.01. The molecule has 0 unspecified atom stereocenters. The van der Waals surface area contributed by atoms with E-state index in [-0.39, 0.29) is 5.82 Å². The van der Waals surface area contributed by atoms with Gasteiger partial charge in [-0.2, -0.15) is 5.26 Å². The van der Waals surface area contributed by atoms with Gasteiger partial charge in [0.25, 0.3) is 0 Å². The lowest BCUT2D eigenvalue weighted by atomic mass is 10.0. The SMILES string of the molecule is N#C/C(=C/c1ccc(N2CCCCC2)c(F)c1)c1cccc(F)c1. The van der Waals surface area contributed by atoms with Crippen molar-refractivity contribution in [3.8, 4) is 6.07 Å². The van der Waals surface area contributed by atoms with Crippen LogP contribution >= 0.6 is 0 Å². The molecule has 0 atom stereocenters. The Labute approximate surface area is 140 Å². The van der Waals surface area contributed by atoms with Crippen LogP contribution in [0.4, 0.5) is 14.5 Å². The van der Waals surface area contributed by atoms with E-state index < -0.39 is 5.82 Å². The molecule has 2 aromatic carbocycles. The fraction of sp³-hybridized carbons (Fsp3) is 0.250. The number of piperidine rings is 1. The molecule has 4 heteroatoms. The monoisotopic (exact) mass is 324 g/mol. The van der Waals surface area contributed by atoms with Crippen LogP contribution in [0.5, 0.6) is 0 Å². The van der Waals surface area contributed by atoms with E-state index in [1.807, 2.05) is 0 Å². The third kappa shape index (κ3) is 3.62. The minimum Gasteiger partial charge on any atom is -0.369 e. The molecule has 0 N–H and O–H groups in total. The molecule has 24 heavy (non-hydrogen) atoms. The minimum atomic E-state index is -0.403. The van der Waals surface area contributed by atoms with Crippen LogP contribution in [0, 0.1) is 23.0 Å². The highest BCUT2D eigenvalue weighted by atomic mass is 19.1. The highest BCUT2D eigenvalue weighted by Crippen LogP contribution is 2.26. The molecule has 1 heterocycles. The summed E-state index contributed by atoms with van der Waals surface area (Å²) in [6, 6.07) is 12.9. The molecule has 2 aromatic rings. The van der Waals surface area contributed by atoms with Crippen LogP contribution in [-0.2, 0) is 0 Å². The van der Waals surface area contributed by atoms with Crippen LogP contribution in [0.3, 0.4) is 0 Å². The number of rotatable bonds is 3. The third-order valence-corrected chi connectivity index (χ3v) is 4.24. The summed E-state index contributed by atoms with van der Waals surface area (Å²) < 4.78 is 27.8. The van der Waals surface area contributed by atoms with Crippen LogP contribution in [-0.4, -0.2) is 13.1 Å². The molecule has 0 amide bonds. The molecular weight excluding hydrogens is 306 g/mol. The standard InChI is InChI=1S/C20H18F2N2/c21-18-6-4-5-16(13-18)17(14-23)11-15-7-8-20(19(22)12-15)24-9-2-1-3-10-24/h4-8,11-13H,1-3,9-10H2/b17-11-. The predicted molar refractivity (Wildman–Crippen MR) is 92.3 cm³/mol. The van der Waals surface area contributed by atoms with E-state index in [4.69, 9.17) is 0 Å². The number of nitrogens with zero attached hydrogens (tertiary/aromatic N) is 2. The summed E-state index contributed by atoms with van der Waals surface area (Å²) in [5, 5.41) is 9.32. The normalized spacial score (nSPS) is 15.2. The summed E-state index contributed by atoms with van der Waals surface area (Å²) >= 11 is 0. The fourth-order valence-corrected chi connectivity index (χ4v) is 3.01. The van der Waals surface area contributed by atoms with Gasteiger partial charge in [-0.3, -0.25) is 0 Å². The zero-order valence-corrected chi connectivity index (χ0v) is 13.3. The van der Waals surface area contributed by atoms with Crippen LogP contribution < -0.4 is 4.90 Å². The van der Waals surface area contributed by atoms with E-state index in [1.165, 1.54) is 24.6 Å². The quantitative estimate of drug-likeness (QED) is 0.585. The molecule has 1 aliphatic rings. The number of nitriles is 1. The Bertz CT molecular complexity index is 800. The van der Waals surface area contributed by atoms with Crippen molar-refractivity contribution in [2.45, 2.75) is 19.3 Å². The largest absolute Gasteiger partial charge is 0.369 e. The molecule has 1 saturated heterocycles. The molecular formula is C20H18F2N2. The van der Waals surface area contributed by atoms with Gasteiger partial charge in [0.2, 0.25) is 0 Å². The van der Waals surface area contributed by atoms with Gasteiger partial charge in [0, 0.05) is 13.1 Å². The van der Waals surface area contributed by atoms with Crippen molar-refractivity contribution < 1.29 is 8.78 Å². The molecule has 0 bridgehead atoms. The molecule has 0 saturated carbocycles. The molecule has 0 aliphatic carbocycles. The van der Waals surface area contributed by atoms with Gasteiger partial charge in [-0.1, -0.05) is 18.2 Å². The topological polar surface area (TPSA) is 27.0 Å². The number of benzene rings is 2. The summed E-state index contributed by atoms with van der Waals surface area (Å²) in [6.07, 6.45) is 4.94. The van der Waals surface area contributed by atoms with Crippen LogP contribution in [0.1, 0.15) is 30.4 Å². The predicted octanol–water partition coefficient (Wildman–Crippen LogP) is 5.02. The van der Waals surface area contributed by atoms with Gasteiger partial charge in [-0.25, -0.2) is 8.78 Å². The van der Waals surface area contributed by atoms with Crippen molar-refractivity contribution in [2.24, 2.45) is 0 Å². The maximum atomic E-state index is 14.4. The lowest BCUT2D eigenvalue weighted by Gasteiger charge is -2.29. The maximum absolute atomic E-state index is 14.4. The first-order valence-corrected chi connectivity index (χ1v) is 8.09. The van der Waals surface area contributed by atoms with E-state index in [0.717, 1.165) is 25.9 Å². The summed E-state index contributed by atoms with van der Waals surface area (Å²) in [6.45, 7) is 1.75. The number of hydrogen-bond donors (Lipinski definition) is 0. The smallest absolute Gasteiger partial charge is 0.147 e. The summed E-state index contributed by atoms with van der Waals surface area (Å²) in [5.74, 6) is -0.692. The van der Waals surface area contributed by atoms with Gasteiger partial charge in [-0.05, 0) is 60.7 Å². The van der Waals surface area contributed by atoms with Crippen molar-refractivity contribution in [1.29, 1.82) is 5.26 Å². The second-order valence-corrected chi connectivity index (χ2v) is 5.94. The Morgan fingerprint density at radius 3 is 2.50 bits per heavy atom. The molecule has 0 radical (unpaired) electrons. The average molecular weight is 324 g/mol. The molecule has 3 rings (SSSR count). The Morgan fingerprint density at radius 1 is 1.04 bits per heavy atom. The maximum Gasteiger partial charge on any atom is 0.147 e. The van der Waals surface area contributed by atoms with Gasteiger partial charge >= 0.3 is 0 Å². The van der Waals surface area contributed by atoms with Crippen LogP contribution in [0.15, 0.2) is 42.5 Å². The second-order valence-electron chi connectivity index (χ2n) is 5.94. The van der Waals surface area contributed by atoms with Crippen LogP contribution in [0.25, 0.3) is 11.6 Å². The van der Waals surface area contributed by atoms with E-state index in [1.54, 1.807) is 30.3 Å². The van der Waals surface area contributed by atoms with Gasteiger partial charge in [0.15, 0.2) is 0 Å². The van der Waals surface area contributed by atoms with E-state index >= 15 is 0 Å². The van der Waals surface area contributed by atoms with E-state index in [2.05, 4.69) is 11.0 Å². The zero-order chi connectivity index (χ0) is 16.9. The highest BCUT2D eigenvalue weighted by molar-refractivity contribution is 5.89. The zero-order valence-electron chi connectivity index (χ0n) is 13.3. The first-order chi connectivity index (χ1) is 11.7. The Hall–Kier alpha value is -2.67. The molecule has 122 valence electrons. The number of hydrogen-bond acceptors (Lipinski definition) is 2. The van der Waals surface area contributed by atoms with Crippen LogP contribution in [0.2, 0.25) is 0 Å². The van der Waals surface area contributed by atoms with Crippen molar-refractivity contribution in [3.63, 3.8) is 0 Å². The molecule has 1 fully saturated rings. The van der Waals surface area contributed by atoms with Gasteiger partial charge < -0.3 is 4.90 Å². The number of allylic oxidation sites excluding steroid dienone is 1. The Morgan fingerprint density at radius 2 is 1.83 bits per heavy atom. The average Bonchev–Trinajstić information content (AvgIpc) is 2.60. The lowest BCUT2D eigenvalue weighted by Crippen LogP contribution is -2.30. The van der Waals surface area contributed by atoms with E-state index in [0.29, 0.717) is 22.4 Å².